The minimum absolute atomic E-state index is 0.0771. The lowest BCUT2D eigenvalue weighted by Gasteiger charge is -2.45. The number of carbonyl (C=O) groups excluding carboxylic acids is 1. The fourth-order valence-corrected chi connectivity index (χ4v) is 6.13. The first-order chi connectivity index (χ1) is 18.9. The quantitative estimate of drug-likeness (QED) is 0.337. The fraction of sp³-hybridized carbons (Fsp3) is 0.500. The second-order valence-corrected chi connectivity index (χ2v) is 10.8. The normalized spacial score (nSPS) is 22.4. The Morgan fingerprint density at radius 2 is 1.82 bits per heavy atom. The second kappa shape index (κ2) is 13.6. The third kappa shape index (κ3) is 7.60. The van der Waals surface area contributed by atoms with E-state index in [-0.39, 0.29) is 17.5 Å². The Balaban J connectivity index is 0.000000559. The summed E-state index contributed by atoms with van der Waals surface area (Å²) in [5.74, 6) is -1.21. The van der Waals surface area contributed by atoms with E-state index in [9.17, 15) is 18.0 Å². The Hall–Kier alpha value is -2.99. The van der Waals surface area contributed by atoms with Crippen LogP contribution in [-0.4, -0.2) is 67.6 Å². The van der Waals surface area contributed by atoms with Crippen LogP contribution in [0.4, 0.5) is 23.7 Å². The van der Waals surface area contributed by atoms with Gasteiger partial charge in [0.15, 0.2) is 11.5 Å². The lowest BCUT2D eigenvalue weighted by molar-refractivity contribution is -0.192. The molecule has 1 heterocycles. The molecule has 2 fully saturated rings. The summed E-state index contributed by atoms with van der Waals surface area (Å²) in [4.78, 5) is 24.2. The number of urea groups is 1. The number of likely N-dealkylation sites (tertiary alicyclic amines) is 1. The van der Waals surface area contributed by atoms with Gasteiger partial charge in [0.1, 0.15) is 0 Å². The monoisotopic (exact) mass is 629 g/mol. The van der Waals surface area contributed by atoms with Gasteiger partial charge >= 0.3 is 18.2 Å². The van der Waals surface area contributed by atoms with Gasteiger partial charge in [-0.2, -0.15) is 13.2 Å². The van der Waals surface area contributed by atoms with Crippen molar-refractivity contribution in [3.63, 3.8) is 0 Å². The average Bonchev–Trinajstić information content (AvgIpc) is 3.27. The van der Waals surface area contributed by atoms with Crippen molar-refractivity contribution in [1.82, 2.24) is 10.2 Å². The van der Waals surface area contributed by atoms with Crippen LogP contribution in [0.2, 0.25) is 0 Å². The van der Waals surface area contributed by atoms with Gasteiger partial charge < -0.3 is 25.2 Å². The molecular formula is C28H35BrF3N3O5. The van der Waals surface area contributed by atoms with Crippen LogP contribution in [0.5, 0.6) is 11.5 Å². The van der Waals surface area contributed by atoms with Crippen LogP contribution in [0, 0.1) is 0 Å². The molecule has 220 valence electrons. The number of amides is 2. The SMILES string of the molecule is CCCN1CCC2(c3ccc(OC)c(OC)c3)CCC(NC(=O)Nc3cccc(Br)c3)CC12.O=C(O)C(F)(F)F. The summed E-state index contributed by atoms with van der Waals surface area (Å²) in [6.45, 7) is 4.40. The predicted molar refractivity (Wildman–Crippen MR) is 149 cm³/mol. The Morgan fingerprint density at radius 1 is 1.12 bits per heavy atom. The summed E-state index contributed by atoms with van der Waals surface area (Å²) in [6.07, 6.45) is 0.107. The van der Waals surface area contributed by atoms with Crippen LogP contribution in [-0.2, 0) is 10.2 Å². The number of carbonyl (C=O) groups is 2. The molecule has 2 aliphatic rings. The van der Waals surface area contributed by atoms with E-state index >= 15 is 0 Å². The third-order valence-corrected chi connectivity index (χ3v) is 7.99. The van der Waals surface area contributed by atoms with Crippen molar-refractivity contribution in [2.45, 2.75) is 62.7 Å². The first-order valence-electron chi connectivity index (χ1n) is 13.0. The number of anilines is 1. The maximum atomic E-state index is 12.7. The standard InChI is InChI=1S/C26H34BrN3O3.C2HF3O2/c1-4-13-30-14-12-26(18-8-9-22(32-2)23(15-18)33-3)11-10-21(17-24(26)30)29-25(31)28-20-7-5-6-19(27)16-20;3-2(4,5)1(6)7/h5-9,15-16,21,24H,4,10-14,17H2,1-3H3,(H2,28,29,31);(H,6,7). The lowest BCUT2D eigenvalue weighted by Crippen LogP contribution is -2.53. The van der Waals surface area contributed by atoms with Gasteiger partial charge in [-0.1, -0.05) is 35.0 Å². The summed E-state index contributed by atoms with van der Waals surface area (Å²) >= 11 is 3.46. The van der Waals surface area contributed by atoms with E-state index in [0.717, 1.165) is 66.9 Å². The van der Waals surface area contributed by atoms with Gasteiger partial charge in [-0.25, -0.2) is 9.59 Å². The summed E-state index contributed by atoms with van der Waals surface area (Å²) < 4.78 is 43.8. The van der Waals surface area contributed by atoms with E-state index in [0.29, 0.717) is 6.04 Å². The number of nitrogens with one attached hydrogen (secondary N) is 2. The maximum absolute atomic E-state index is 12.7. The predicted octanol–water partition coefficient (Wildman–Crippen LogP) is 6.20. The molecule has 3 N–H and O–H groups in total. The molecule has 3 unspecified atom stereocenters. The zero-order valence-corrected chi connectivity index (χ0v) is 24.3. The molecule has 2 aromatic carbocycles. The highest BCUT2D eigenvalue weighted by molar-refractivity contribution is 9.10. The first-order valence-corrected chi connectivity index (χ1v) is 13.8. The number of fused-ring (bicyclic) bond motifs is 1. The van der Waals surface area contributed by atoms with Crippen LogP contribution in [0.1, 0.15) is 44.6 Å². The van der Waals surface area contributed by atoms with Gasteiger partial charge in [-0.3, -0.25) is 4.90 Å². The Labute approximate surface area is 240 Å². The highest BCUT2D eigenvalue weighted by Gasteiger charge is 2.51. The van der Waals surface area contributed by atoms with Crippen molar-refractivity contribution in [1.29, 1.82) is 0 Å². The minimum atomic E-state index is -5.08. The number of ether oxygens (including phenoxy) is 2. The molecule has 0 bridgehead atoms. The van der Waals surface area contributed by atoms with Gasteiger partial charge in [0.25, 0.3) is 0 Å². The maximum Gasteiger partial charge on any atom is 0.490 e. The fourth-order valence-electron chi connectivity index (χ4n) is 5.73. The third-order valence-electron chi connectivity index (χ3n) is 7.50. The molecular weight excluding hydrogens is 595 g/mol. The number of halogens is 4. The molecule has 0 radical (unpaired) electrons. The van der Waals surface area contributed by atoms with Crippen LogP contribution in [0.3, 0.4) is 0 Å². The summed E-state index contributed by atoms with van der Waals surface area (Å²) in [5, 5.41) is 13.3. The molecule has 40 heavy (non-hydrogen) atoms. The van der Waals surface area contributed by atoms with E-state index < -0.39 is 12.1 Å². The smallest absolute Gasteiger partial charge is 0.490 e. The van der Waals surface area contributed by atoms with Crippen LogP contribution in [0.25, 0.3) is 0 Å². The molecule has 2 amide bonds. The number of hydrogen-bond acceptors (Lipinski definition) is 5. The molecule has 1 aliphatic heterocycles. The highest BCUT2D eigenvalue weighted by atomic mass is 79.9. The Morgan fingerprint density at radius 3 is 2.42 bits per heavy atom. The number of nitrogens with zero attached hydrogens (tertiary/aromatic N) is 1. The topological polar surface area (TPSA) is 100 Å². The van der Waals surface area contributed by atoms with Crippen molar-refractivity contribution in [2.75, 3.05) is 32.6 Å². The molecule has 4 rings (SSSR count). The average molecular weight is 631 g/mol. The number of hydrogen-bond donors (Lipinski definition) is 3. The zero-order chi connectivity index (χ0) is 29.5. The van der Waals surface area contributed by atoms with E-state index in [1.807, 2.05) is 30.3 Å². The van der Waals surface area contributed by atoms with E-state index in [2.05, 4.69) is 50.5 Å². The van der Waals surface area contributed by atoms with Crippen molar-refractivity contribution in [3.8, 4) is 11.5 Å². The summed E-state index contributed by atoms with van der Waals surface area (Å²) in [7, 11) is 3.37. The van der Waals surface area contributed by atoms with E-state index in [4.69, 9.17) is 19.4 Å². The van der Waals surface area contributed by atoms with Gasteiger partial charge in [-0.15, -0.1) is 0 Å². The zero-order valence-electron chi connectivity index (χ0n) is 22.7. The lowest BCUT2D eigenvalue weighted by atomic mass is 9.65. The summed E-state index contributed by atoms with van der Waals surface area (Å²) in [6, 6.07) is 14.4. The molecule has 2 aromatic rings. The molecule has 0 aromatic heterocycles. The van der Waals surface area contributed by atoms with Crippen LogP contribution in [0.15, 0.2) is 46.9 Å². The molecule has 1 aliphatic carbocycles. The van der Waals surface area contributed by atoms with E-state index in [1.165, 1.54) is 5.56 Å². The Bertz CT molecular complexity index is 1180. The van der Waals surface area contributed by atoms with Crippen molar-refractivity contribution >= 4 is 33.6 Å². The number of rotatable bonds is 7. The second-order valence-electron chi connectivity index (χ2n) is 9.91. The van der Waals surface area contributed by atoms with Gasteiger partial charge in [0.2, 0.25) is 0 Å². The number of alkyl halides is 3. The number of aliphatic carboxylic acids is 1. The first kappa shape index (κ1) is 31.5. The summed E-state index contributed by atoms with van der Waals surface area (Å²) in [5.41, 5.74) is 2.18. The number of carboxylic acid groups (broad SMARTS) is 1. The molecule has 1 saturated heterocycles. The Kier molecular flexibility index (Phi) is 10.7. The molecule has 3 atom stereocenters. The number of carboxylic acids is 1. The van der Waals surface area contributed by atoms with Crippen molar-refractivity contribution in [3.05, 3.63) is 52.5 Å². The van der Waals surface area contributed by atoms with Crippen molar-refractivity contribution in [2.24, 2.45) is 0 Å². The van der Waals surface area contributed by atoms with Gasteiger partial charge in [-0.05, 0) is 81.1 Å². The van der Waals surface area contributed by atoms with Crippen LogP contribution < -0.4 is 20.1 Å². The largest absolute Gasteiger partial charge is 0.493 e. The molecule has 12 heteroatoms. The highest BCUT2D eigenvalue weighted by Crippen LogP contribution is 2.50. The number of methoxy groups -OCH3 is 2. The van der Waals surface area contributed by atoms with Crippen LogP contribution >= 0.6 is 15.9 Å². The minimum Gasteiger partial charge on any atom is -0.493 e. The molecule has 8 nitrogen and oxygen atoms in total. The van der Waals surface area contributed by atoms with Crippen molar-refractivity contribution < 1.29 is 37.3 Å². The molecule has 1 saturated carbocycles. The molecule has 0 spiro atoms. The van der Waals surface area contributed by atoms with E-state index in [1.54, 1.807) is 14.2 Å². The van der Waals surface area contributed by atoms with Gasteiger partial charge in [0.05, 0.1) is 14.2 Å². The number of benzene rings is 2. The van der Waals surface area contributed by atoms with Gasteiger partial charge in [0, 0.05) is 27.7 Å².